The van der Waals surface area contributed by atoms with Crippen molar-refractivity contribution in [3.8, 4) is 0 Å². The molecule has 5 nitrogen and oxygen atoms in total. The van der Waals surface area contributed by atoms with Crippen LogP contribution in [0.15, 0.2) is 41.3 Å². The SMILES string of the molecule is Cc1ccc(SCCCC(=O)N(CCCN2CCOCC2)c2nc3cc(C)cc(C)c3s2)cc1. The summed E-state index contributed by atoms with van der Waals surface area (Å²) in [6, 6.07) is 12.9. The van der Waals surface area contributed by atoms with Crippen LogP contribution in [0.25, 0.3) is 10.2 Å². The summed E-state index contributed by atoms with van der Waals surface area (Å²) in [6.45, 7) is 11.6. The Balaban J connectivity index is 1.40. The molecule has 1 aliphatic rings. The van der Waals surface area contributed by atoms with Crippen molar-refractivity contribution in [1.82, 2.24) is 9.88 Å². The lowest BCUT2D eigenvalue weighted by molar-refractivity contribution is -0.118. The van der Waals surface area contributed by atoms with Crippen molar-refractivity contribution in [2.24, 2.45) is 0 Å². The average molecular weight is 498 g/mol. The molecule has 0 N–H and O–H groups in total. The largest absolute Gasteiger partial charge is 0.379 e. The van der Waals surface area contributed by atoms with Crippen LogP contribution in [0.4, 0.5) is 5.13 Å². The van der Waals surface area contributed by atoms with Crippen LogP contribution < -0.4 is 4.90 Å². The second-order valence-corrected chi connectivity index (χ2v) is 11.2. The summed E-state index contributed by atoms with van der Waals surface area (Å²) in [5.41, 5.74) is 4.71. The summed E-state index contributed by atoms with van der Waals surface area (Å²) in [5.74, 6) is 1.12. The quantitative estimate of drug-likeness (QED) is 0.260. The third-order valence-electron chi connectivity index (χ3n) is 6.13. The second kappa shape index (κ2) is 12.2. The molecule has 2 aromatic carbocycles. The highest BCUT2D eigenvalue weighted by molar-refractivity contribution is 7.99. The van der Waals surface area contributed by atoms with E-state index < -0.39 is 0 Å². The monoisotopic (exact) mass is 497 g/mol. The topological polar surface area (TPSA) is 45.7 Å². The minimum absolute atomic E-state index is 0.180. The third kappa shape index (κ3) is 6.81. The molecule has 34 heavy (non-hydrogen) atoms. The highest BCUT2D eigenvalue weighted by Crippen LogP contribution is 2.33. The first-order chi connectivity index (χ1) is 16.5. The lowest BCUT2D eigenvalue weighted by Gasteiger charge is -2.27. The van der Waals surface area contributed by atoms with Crippen LogP contribution in [0.2, 0.25) is 0 Å². The Hall–Kier alpha value is -1.93. The molecule has 3 aromatic rings. The highest BCUT2D eigenvalue weighted by Gasteiger charge is 2.21. The molecule has 0 spiro atoms. The molecule has 4 rings (SSSR count). The van der Waals surface area contributed by atoms with Crippen molar-refractivity contribution in [1.29, 1.82) is 0 Å². The molecule has 1 aliphatic heterocycles. The molecular formula is C27H35N3O2S2. The molecule has 1 saturated heterocycles. The normalized spacial score (nSPS) is 14.6. The van der Waals surface area contributed by atoms with Crippen LogP contribution in [-0.4, -0.2) is 60.9 Å². The molecule has 0 unspecified atom stereocenters. The Kier molecular flexibility index (Phi) is 9.00. The number of carbonyl (C=O) groups is 1. The number of hydrogen-bond acceptors (Lipinski definition) is 6. The van der Waals surface area contributed by atoms with Crippen LogP contribution >= 0.6 is 23.1 Å². The number of anilines is 1. The van der Waals surface area contributed by atoms with Gasteiger partial charge >= 0.3 is 0 Å². The first-order valence-electron chi connectivity index (χ1n) is 12.2. The van der Waals surface area contributed by atoms with Crippen molar-refractivity contribution in [3.63, 3.8) is 0 Å². The van der Waals surface area contributed by atoms with Crippen LogP contribution in [0.1, 0.15) is 36.0 Å². The number of nitrogens with zero attached hydrogens (tertiary/aromatic N) is 3. The van der Waals surface area contributed by atoms with Crippen molar-refractivity contribution >= 4 is 44.4 Å². The molecule has 1 fully saturated rings. The number of hydrogen-bond donors (Lipinski definition) is 0. The zero-order valence-electron chi connectivity index (χ0n) is 20.5. The smallest absolute Gasteiger partial charge is 0.228 e. The van der Waals surface area contributed by atoms with Gasteiger partial charge in [-0.05, 0) is 68.7 Å². The van der Waals surface area contributed by atoms with Gasteiger partial charge in [-0.15, -0.1) is 11.8 Å². The summed E-state index contributed by atoms with van der Waals surface area (Å²) < 4.78 is 6.65. The van der Waals surface area contributed by atoms with E-state index >= 15 is 0 Å². The molecule has 2 heterocycles. The number of rotatable bonds is 10. The van der Waals surface area contributed by atoms with E-state index in [1.54, 1.807) is 11.3 Å². The maximum atomic E-state index is 13.4. The first-order valence-corrected chi connectivity index (χ1v) is 14.0. The molecule has 1 amide bonds. The molecule has 0 aliphatic carbocycles. The molecular weight excluding hydrogens is 462 g/mol. The van der Waals surface area contributed by atoms with E-state index in [1.807, 2.05) is 16.7 Å². The number of morpholine rings is 1. The van der Waals surface area contributed by atoms with Gasteiger partial charge in [-0.1, -0.05) is 35.1 Å². The third-order valence-corrected chi connectivity index (χ3v) is 8.45. The van der Waals surface area contributed by atoms with Crippen LogP contribution in [0.5, 0.6) is 0 Å². The molecule has 0 saturated carbocycles. The number of ether oxygens (including phenoxy) is 1. The first kappa shape index (κ1) is 25.2. The van der Waals surface area contributed by atoms with Crippen molar-refractivity contribution in [3.05, 3.63) is 53.1 Å². The number of benzene rings is 2. The van der Waals surface area contributed by atoms with Gasteiger partial charge in [-0.3, -0.25) is 14.6 Å². The lowest BCUT2D eigenvalue weighted by atomic mass is 10.1. The number of amides is 1. The number of aromatic nitrogens is 1. The van der Waals surface area contributed by atoms with Crippen molar-refractivity contribution in [2.75, 3.05) is 50.0 Å². The maximum absolute atomic E-state index is 13.4. The van der Waals surface area contributed by atoms with E-state index in [9.17, 15) is 4.79 Å². The predicted octanol–water partition coefficient (Wildman–Crippen LogP) is 5.85. The molecule has 0 radical (unpaired) electrons. The molecule has 1 aromatic heterocycles. The molecule has 0 bridgehead atoms. The van der Waals surface area contributed by atoms with Crippen molar-refractivity contribution in [2.45, 2.75) is 44.9 Å². The summed E-state index contributed by atoms with van der Waals surface area (Å²) in [4.78, 5) is 23.9. The van der Waals surface area contributed by atoms with Gasteiger partial charge in [0.05, 0.1) is 23.4 Å². The standard InChI is InChI=1S/C27H35N3O2S2/c1-20-7-9-23(10-8-20)33-17-4-6-25(31)30(12-5-11-29-13-15-32-16-14-29)27-28-24-19-21(2)18-22(3)26(24)34-27/h7-10,18-19H,4-6,11-17H2,1-3H3. The number of thioether (sulfide) groups is 1. The molecule has 182 valence electrons. The van der Waals surface area contributed by atoms with Gasteiger partial charge in [-0.25, -0.2) is 4.98 Å². The lowest BCUT2D eigenvalue weighted by Crippen LogP contribution is -2.39. The minimum Gasteiger partial charge on any atom is -0.379 e. The fraction of sp³-hybridized carbons (Fsp3) is 0.481. The van der Waals surface area contributed by atoms with Gasteiger partial charge in [0.1, 0.15) is 0 Å². The zero-order valence-corrected chi connectivity index (χ0v) is 22.1. The van der Waals surface area contributed by atoms with E-state index in [4.69, 9.17) is 9.72 Å². The van der Waals surface area contributed by atoms with Crippen LogP contribution in [0, 0.1) is 20.8 Å². The molecule has 7 heteroatoms. The number of carbonyl (C=O) groups excluding carboxylic acids is 1. The van der Waals surface area contributed by atoms with Gasteiger partial charge in [0.2, 0.25) is 5.91 Å². The Morgan fingerprint density at radius 3 is 2.62 bits per heavy atom. The van der Waals surface area contributed by atoms with Gasteiger partial charge in [0, 0.05) is 37.5 Å². The Morgan fingerprint density at radius 1 is 1.09 bits per heavy atom. The predicted molar refractivity (Wildman–Crippen MR) is 144 cm³/mol. The van der Waals surface area contributed by atoms with Crippen molar-refractivity contribution < 1.29 is 9.53 Å². The Morgan fingerprint density at radius 2 is 1.85 bits per heavy atom. The molecule has 0 atom stereocenters. The summed E-state index contributed by atoms with van der Waals surface area (Å²) in [5, 5.41) is 0.835. The summed E-state index contributed by atoms with van der Waals surface area (Å²) in [6.07, 6.45) is 2.35. The second-order valence-electron chi connectivity index (χ2n) is 9.04. The van der Waals surface area contributed by atoms with E-state index in [0.717, 1.165) is 62.1 Å². The van der Waals surface area contributed by atoms with Gasteiger partial charge in [-0.2, -0.15) is 0 Å². The van der Waals surface area contributed by atoms with E-state index in [2.05, 4.69) is 62.1 Å². The highest BCUT2D eigenvalue weighted by atomic mass is 32.2. The minimum atomic E-state index is 0.180. The average Bonchev–Trinajstić information content (AvgIpc) is 3.25. The summed E-state index contributed by atoms with van der Waals surface area (Å²) >= 11 is 3.47. The van der Waals surface area contributed by atoms with E-state index in [-0.39, 0.29) is 5.91 Å². The Labute approximate surface area is 211 Å². The van der Waals surface area contributed by atoms with E-state index in [0.29, 0.717) is 13.0 Å². The van der Waals surface area contributed by atoms with Crippen LogP contribution in [-0.2, 0) is 9.53 Å². The number of aryl methyl sites for hydroxylation is 3. The van der Waals surface area contributed by atoms with Crippen LogP contribution in [0.3, 0.4) is 0 Å². The van der Waals surface area contributed by atoms with E-state index in [1.165, 1.54) is 26.3 Å². The van der Waals surface area contributed by atoms with Gasteiger partial charge in [0.15, 0.2) is 5.13 Å². The number of thiazole rings is 1. The van der Waals surface area contributed by atoms with Gasteiger partial charge in [0.25, 0.3) is 0 Å². The number of fused-ring (bicyclic) bond motifs is 1. The Bertz CT molecular complexity index is 1090. The van der Waals surface area contributed by atoms with Gasteiger partial charge < -0.3 is 4.74 Å². The maximum Gasteiger partial charge on any atom is 0.228 e. The zero-order chi connectivity index (χ0) is 23.9. The summed E-state index contributed by atoms with van der Waals surface area (Å²) in [7, 11) is 0. The fourth-order valence-electron chi connectivity index (χ4n) is 4.27. The fourth-order valence-corrected chi connectivity index (χ4v) is 6.18.